The average Bonchev–Trinajstić information content (AvgIpc) is 2.61. The molecule has 2 N–H and O–H groups in total. The Morgan fingerprint density at radius 2 is 1.81 bits per heavy atom. The fourth-order valence-electron chi connectivity index (χ4n) is 1.38. The van der Waals surface area contributed by atoms with Crippen molar-refractivity contribution >= 4 is 0 Å². The van der Waals surface area contributed by atoms with Crippen LogP contribution in [0.4, 0.5) is 13.2 Å². The first-order valence-electron chi connectivity index (χ1n) is 4.58. The van der Waals surface area contributed by atoms with E-state index in [1.807, 2.05) is 0 Å². The number of alkyl halides is 3. The third-order valence-corrected chi connectivity index (χ3v) is 2.56. The zero-order valence-corrected chi connectivity index (χ0v) is 8.47. The van der Waals surface area contributed by atoms with E-state index in [-0.39, 0.29) is 12.4 Å². The van der Waals surface area contributed by atoms with Gasteiger partial charge in [0, 0.05) is 0 Å². The quantitative estimate of drug-likeness (QED) is 0.808. The molecule has 0 fully saturated rings. The van der Waals surface area contributed by atoms with Crippen molar-refractivity contribution in [2.75, 3.05) is 6.79 Å². The summed E-state index contributed by atoms with van der Waals surface area (Å²) in [6.45, 7) is 0.941. The van der Waals surface area contributed by atoms with Crippen LogP contribution in [0.15, 0.2) is 18.2 Å². The monoisotopic (exact) mass is 233 g/mol. The summed E-state index contributed by atoms with van der Waals surface area (Å²) < 4.78 is 48.0. The number of hydrogen-bond donors (Lipinski definition) is 1. The molecule has 6 heteroatoms. The van der Waals surface area contributed by atoms with Gasteiger partial charge in [0.05, 0.1) is 0 Å². The summed E-state index contributed by atoms with van der Waals surface area (Å²) in [4.78, 5) is 0. The fraction of sp³-hybridized carbons (Fsp3) is 0.400. The minimum atomic E-state index is -4.51. The molecule has 1 aromatic rings. The molecule has 0 saturated carbocycles. The van der Waals surface area contributed by atoms with Gasteiger partial charge in [-0.1, -0.05) is 6.07 Å². The highest BCUT2D eigenvalue weighted by atomic mass is 19.4. The smallest absolute Gasteiger partial charge is 0.410 e. The predicted octanol–water partition coefficient (Wildman–Crippen LogP) is 2.15. The Hall–Kier alpha value is -1.43. The van der Waals surface area contributed by atoms with Crippen LogP contribution in [0.1, 0.15) is 12.5 Å². The molecule has 1 atom stereocenters. The lowest BCUT2D eigenvalue weighted by molar-refractivity contribution is -0.184. The summed E-state index contributed by atoms with van der Waals surface area (Å²) >= 11 is 0. The van der Waals surface area contributed by atoms with Crippen LogP contribution in [0.5, 0.6) is 11.5 Å². The lowest BCUT2D eigenvalue weighted by atomic mass is 9.92. The van der Waals surface area contributed by atoms with Gasteiger partial charge in [-0.05, 0) is 24.6 Å². The van der Waals surface area contributed by atoms with Crippen molar-refractivity contribution in [3.63, 3.8) is 0 Å². The van der Waals surface area contributed by atoms with Gasteiger partial charge in [-0.25, -0.2) is 0 Å². The summed E-state index contributed by atoms with van der Waals surface area (Å²) in [6, 6.07) is 3.98. The molecule has 0 aliphatic carbocycles. The molecule has 0 radical (unpaired) electrons. The predicted molar refractivity (Wildman–Crippen MR) is 50.2 cm³/mol. The summed E-state index contributed by atoms with van der Waals surface area (Å²) in [5.41, 5.74) is 2.84. The van der Waals surface area contributed by atoms with Gasteiger partial charge < -0.3 is 15.2 Å². The van der Waals surface area contributed by atoms with Crippen LogP contribution in [0, 0.1) is 0 Å². The SMILES string of the molecule is CC(N)(c1ccc2c(c1)OCO2)C(F)(F)F. The summed E-state index contributed by atoms with van der Waals surface area (Å²) in [7, 11) is 0. The lowest BCUT2D eigenvalue weighted by Gasteiger charge is -2.28. The lowest BCUT2D eigenvalue weighted by Crippen LogP contribution is -2.47. The Morgan fingerprint density at radius 3 is 2.44 bits per heavy atom. The Balaban J connectivity index is 2.42. The Labute approximate surface area is 89.9 Å². The number of rotatable bonds is 1. The molecule has 1 heterocycles. The first-order valence-corrected chi connectivity index (χ1v) is 4.58. The number of ether oxygens (including phenoxy) is 2. The number of halogens is 3. The van der Waals surface area contributed by atoms with Crippen LogP contribution >= 0.6 is 0 Å². The largest absolute Gasteiger partial charge is 0.454 e. The molecule has 16 heavy (non-hydrogen) atoms. The Kier molecular flexibility index (Phi) is 2.27. The maximum absolute atomic E-state index is 12.7. The van der Waals surface area contributed by atoms with E-state index in [4.69, 9.17) is 15.2 Å². The molecule has 88 valence electrons. The van der Waals surface area contributed by atoms with Gasteiger partial charge in [-0.3, -0.25) is 0 Å². The van der Waals surface area contributed by atoms with Crippen LogP contribution < -0.4 is 15.2 Å². The molecule has 3 nitrogen and oxygen atoms in total. The first-order chi connectivity index (χ1) is 7.32. The van der Waals surface area contributed by atoms with Crippen LogP contribution in [0.25, 0.3) is 0 Å². The van der Waals surface area contributed by atoms with Crippen molar-refractivity contribution in [2.45, 2.75) is 18.6 Å². The van der Waals surface area contributed by atoms with Crippen LogP contribution in [-0.4, -0.2) is 13.0 Å². The minimum absolute atomic E-state index is 0.0199. The molecule has 1 unspecified atom stereocenters. The van der Waals surface area contributed by atoms with Crippen molar-refractivity contribution in [2.24, 2.45) is 5.73 Å². The number of benzene rings is 1. The normalized spacial score (nSPS) is 18.3. The zero-order chi connectivity index (χ0) is 12.0. The standard InChI is InChI=1S/C10H10F3NO2/c1-9(14,10(11,12)13)6-2-3-7-8(4-6)16-5-15-7/h2-4H,5,14H2,1H3. The highest BCUT2D eigenvalue weighted by Gasteiger charge is 2.49. The Bertz CT molecular complexity index is 415. The number of nitrogens with two attached hydrogens (primary N) is 1. The molecule has 1 aliphatic heterocycles. The third-order valence-electron chi connectivity index (χ3n) is 2.56. The highest BCUT2D eigenvalue weighted by Crippen LogP contribution is 2.40. The van der Waals surface area contributed by atoms with Crippen LogP contribution in [-0.2, 0) is 5.54 Å². The van der Waals surface area contributed by atoms with Gasteiger partial charge in [-0.2, -0.15) is 13.2 Å². The molecule has 0 aromatic heterocycles. The van der Waals surface area contributed by atoms with Crippen molar-refractivity contribution in [1.29, 1.82) is 0 Å². The van der Waals surface area contributed by atoms with E-state index in [1.54, 1.807) is 0 Å². The molecule has 0 bridgehead atoms. The van der Waals surface area contributed by atoms with E-state index in [9.17, 15) is 13.2 Å². The fourth-order valence-corrected chi connectivity index (χ4v) is 1.38. The van der Waals surface area contributed by atoms with E-state index in [2.05, 4.69) is 0 Å². The number of hydrogen-bond acceptors (Lipinski definition) is 3. The van der Waals surface area contributed by atoms with Crippen molar-refractivity contribution in [3.8, 4) is 11.5 Å². The minimum Gasteiger partial charge on any atom is -0.454 e. The molecule has 0 saturated heterocycles. The van der Waals surface area contributed by atoms with Gasteiger partial charge in [0.2, 0.25) is 6.79 Å². The van der Waals surface area contributed by atoms with Crippen molar-refractivity contribution in [3.05, 3.63) is 23.8 Å². The third kappa shape index (κ3) is 1.59. The second-order valence-electron chi connectivity index (χ2n) is 3.77. The highest BCUT2D eigenvalue weighted by molar-refractivity contribution is 5.46. The van der Waals surface area contributed by atoms with Crippen LogP contribution in [0.3, 0.4) is 0 Å². The van der Waals surface area contributed by atoms with E-state index in [0.29, 0.717) is 11.5 Å². The van der Waals surface area contributed by atoms with Crippen LogP contribution in [0.2, 0.25) is 0 Å². The molecule has 1 aromatic carbocycles. The van der Waals surface area contributed by atoms with E-state index >= 15 is 0 Å². The molecule has 2 rings (SSSR count). The molecular weight excluding hydrogens is 223 g/mol. The number of fused-ring (bicyclic) bond motifs is 1. The zero-order valence-electron chi connectivity index (χ0n) is 8.47. The maximum Gasteiger partial charge on any atom is 0.410 e. The maximum atomic E-state index is 12.7. The van der Waals surface area contributed by atoms with E-state index in [1.165, 1.54) is 18.2 Å². The van der Waals surface area contributed by atoms with Gasteiger partial charge >= 0.3 is 6.18 Å². The first kappa shape index (κ1) is 11.1. The average molecular weight is 233 g/mol. The molecule has 1 aliphatic rings. The summed E-state index contributed by atoms with van der Waals surface area (Å²) in [5, 5.41) is 0. The molecule has 0 amide bonds. The second kappa shape index (κ2) is 3.28. The molecular formula is C10H10F3NO2. The van der Waals surface area contributed by atoms with Gasteiger partial charge in [0.1, 0.15) is 5.54 Å². The topological polar surface area (TPSA) is 44.5 Å². The Morgan fingerprint density at radius 1 is 1.19 bits per heavy atom. The van der Waals surface area contributed by atoms with E-state index < -0.39 is 11.7 Å². The van der Waals surface area contributed by atoms with Crippen molar-refractivity contribution < 1.29 is 22.6 Å². The van der Waals surface area contributed by atoms with Gasteiger partial charge in [0.25, 0.3) is 0 Å². The van der Waals surface area contributed by atoms with Gasteiger partial charge in [0.15, 0.2) is 11.5 Å². The summed E-state index contributed by atoms with van der Waals surface area (Å²) in [5.74, 6) is 0.722. The van der Waals surface area contributed by atoms with Gasteiger partial charge in [-0.15, -0.1) is 0 Å². The van der Waals surface area contributed by atoms with E-state index in [0.717, 1.165) is 6.92 Å². The second-order valence-corrected chi connectivity index (χ2v) is 3.77. The summed E-state index contributed by atoms with van der Waals surface area (Å²) in [6.07, 6.45) is -4.51. The van der Waals surface area contributed by atoms with Crippen molar-refractivity contribution in [1.82, 2.24) is 0 Å². The molecule has 0 spiro atoms.